The second-order valence-corrected chi connectivity index (χ2v) is 3.40. The fraction of sp³-hybridized carbons (Fsp3) is 0.167. The van der Waals surface area contributed by atoms with Crippen LogP contribution in [0.1, 0.15) is 5.69 Å². The first kappa shape index (κ1) is 11.5. The van der Waals surface area contributed by atoms with E-state index >= 15 is 0 Å². The molecule has 0 aliphatic rings. The van der Waals surface area contributed by atoms with E-state index in [1.165, 1.54) is 31.6 Å². The third kappa shape index (κ3) is 2.39. The molecule has 0 saturated heterocycles. The summed E-state index contributed by atoms with van der Waals surface area (Å²) in [5.41, 5.74) is 1.63. The minimum atomic E-state index is -0.446. The number of hydrogen-bond acceptors (Lipinski definition) is 4. The Kier molecular flexibility index (Phi) is 3.30. The number of ether oxygens (including phenoxy) is 1. The van der Waals surface area contributed by atoms with Crippen LogP contribution in [0.4, 0.5) is 4.39 Å². The van der Waals surface area contributed by atoms with Crippen molar-refractivity contribution in [2.24, 2.45) is 0 Å². The van der Waals surface area contributed by atoms with Crippen molar-refractivity contribution in [2.75, 3.05) is 7.11 Å². The van der Waals surface area contributed by atoms with Crippen LogP contribution >= 0.6 is 0 Å². The molecule has 2 aromatic rings. The van der Waals surface area contributed by atoms with Crippen LogP contribution in [0.3, 0.4) is 0 Å². The molecule has 0 unspecified atom stereocenters. The predicted molar refractivity (Wildman–Crippen MR) is 59.9 cm³/mol. The molecule has 1 aromatic heterocycles. The van der Waals surface area contributed by atoms with Gasteiger partial charge in [0.05, 0.1) is 37.5 Å². The van der Waals surface area contributed by atoms with E-state index in [2.05, 4.69) is 9.97 Å². The van der Waals surface area contributed by atoms with Crippen molar-refractivity contribution in [2.45, 2.75) is 6.61 Å². The second kappa shape index (κ2) is 4.88. The van der Waals surface area contributed by atoms with Crippen LogP contribution in [-0.4, -0.2) is 22.2 Å². The molecule has 0 aliphatic heterocycles. The van der Waals surface area contributed by atoms with Gasteiger partial charge in [-0.25, -0.2) is 4.39 Å². The molecule has 1 heterocycles. The van der Waals surface area contributed by atoms with Crippen LogP contribution in [0.2, 0.25) is 0 Å². The van der Waals surface area contributed by atoms with E-state index in [1.807, 2.05) is 0 Å². The van der Waals surface area contributed by atoms with Crippen molar-refractivity contribution < 1.29 is 14.2 Å². The summed E-state index contributed by atoms with van der Waals surface area (Å²) in [4.78, 5) is 8.07. The first-order valence-electron chi connectivity index (χ1n) is 5.00. The van der Waals surface area contributed by atoms with E-state index in [0.29, 0.717) is 17.0 Å². The number of aliphatic hydroxyl groups excluding tert-OH is 1. The Morgan fingerprint density at radius 3 is 2.65 bits per heavy atom. The van der Waals surface area contributed by atoms with E-state index in [9.17, 15) is 4.39 Å². The maximum atomic E-state index is 13.5. The van der Waals surface area contributed by atoms with Crippen LogP contribution in [0, 0.1) is 5.82 Å². The number of halogens is 1. The van der Waals surface area contributed by atoms with Crippen LogP contribution in [0.15, 0.2) is 30.6 Å². The Balaban J connectivity index is 2.35. The number of nitrogens with zero attached hydrogens (tertiary/aromatic N) is 2. The predicted octanol–water partition coefficient (Wildman–Crippen LogP) is 1.78. The molecule has 0 radical (unpaired) electrons. The molecule has 17 heavy (non-hydrogen) atoms. The highest BCUT2D eigenvalue weighted by atomic mass is 19.1. The average Bonchev–Trinajstić information content (AvgIpc) is 2.39. The van der Waals surface area contributed by atoms with Crippen molar-refractivity contribution in [3.8, 4) is 17.0 Å². The molecule has 88 valence electrons. The van der Waals surface area contributed by atoms with E-state index in [4.69, 9.17) is 9.84 Å². The van der Waals surface area contributed by atoms with Gasteiger partial charge in [0.25, 0.3) is 0 Å². The molecule has 1 aromatic carbocycles. The molecule has 0 aliphatic carbocycles. The Bertz CT molecular complexity index is 514. The zero-order chi connectivity index (χ0) is 12.3. The maximum Gasteiger partial charge on any atom is 0.165 e. The molecule has 0 atom stereocenters. The van der Waals surface area contributed by atoms with Crippen molar-refractivity contribution in [1.82, 2.24) is 9.97 Å². The zero-order valence-corrected chi connectivity index (χ0v) is 9.22. The SMILES string of the molecule is COc1ccc(-c2cnc(CO)cn2)cc1F. The summed E-state index contributed by atoms with van der Waals surface area (Å²) in [5, 5.41) is 8.83. The minimum Gasteiger partial charge on any atom is -0.494 e. The lowest BCUT2D eigenvalue weighted by molar-refractivity contribution is 0.276. The number of aliphatic hydroxyl groups is 1. The maximum absolute atomic E-state index is 13.5. The van der Waals surface area contributed by atoms with Gasteiger partial charge in [0.1, 0.15) is 0 Å². The molecular weight excluding hydrogens is 223 g/mol. The highest BCUT2D eigenvalue weighted by Gasteiger charge is 2.06. The fourth-order valence-electron chi connectivity index (χ4n) is 1.41. The fourth-order valence-corrected chi connectivity index (χ4v) is 1.41. The van der Waals surface area contributed by atoms with E-state index < -0.39 is 5.82 Å². The topological polar surface area (TPSA) is 55.2 Å². The normalized spacial score (nSPS) is 10.3. The number of aromatic nitrogens is 2. The third-order valence-corrected chi connectivity index (χ3v) is 2.31. The zero-order valence-electron chi connectivity index (χ0n) is 9.22. The van der Waals surface area contributed by atoms with E-state index in [1.54, 1.807) is 6.07 Å². The van der Waals surface area contributed by atoms with Gasteiger partial charge in [-0.15, -0.1) is 0 Å². The van der Waals surface area contributed by atoms with Gasteiger partial charge in [0.15, 0.2) is 11.6 Å². The van der Waals surface area contributed by atoms with Gasteiger partial charge in [0.2, 0.25) is 0 Å². The molecule has 5 heteroatoms. The standard InChI is InChI=1S/C12H11FN2O2/c1-17-12-3-2-8(4-10(12)13)11-6-14-9(7-16)5-15-11/h2-6,16H,7H2,1H3. The largest absolute Gasteiger partial charge is 0.494 e. The van der Waals surface area contributed by atoms with Crippen molar-refractivity contribution in [3.63, 3.8) is 0 Å². The smallest absolute Gasteiger partial charge is 0.165 e. The summed E-state index contributed by atoms with van der Waals surface area (Å²) in [6.45, 7) is -0.162. The average molecular weight is 234 g/mol. The third-order valence-electron chi connectivity index (χ3n) is 2.31. The summed E-state index contributed by atoms with van der Waals surface area (Å²) in [6, 6.07) is 4.57. The second-order valence-electron chi connectivity index (χ2n) is 3.40. The minimum absolute atomic E-state index is 0.162. The Hall–Kier alpha value is -2.01. The van der Waals surface area contributed by atoms with Gasteiger partial charge < -0.3 is 9.84 Å². The van der Waals surface area contributed by atoms with Gasteiger partial charge in [-0.3, -0.25) is 9.97 Å². The van der Waals surface area contributed by atoms with Gasteiger partial charge in [-0.2, -0.15) is 0 Å². The first-order chi connectivity index (χ1) is 8.24. The lowest BCUT2D eigenvalue weighted by atomic mass is 10.1. The summed E-state index contributed by atoms with van der Waals surface area (Å²) < 4.78 is 18.3. The van der Waals surface area contributed by atoms with Gasteiger partial charge in [-0.1, -0.05) is 0 Å². The summed E-state index contributed by atoms with van der Waals surface area (Å²) >= 11 is 0. The quantitative estimate of drug-likeness (QED) is 0.879. The van der Waals surface area contributed by atoms with Crippen LogP contribution in [-0.2, 0) is 6.61 Å². The monoisotopic (exact) mass is 234 g/mol. The Morgan fingerprint density at radius 1 is 1.29 bits per heavy atom. The number of methoxy groups -OCH3 is 1. The van der Waals surface area contributed by atoms with Gasteiger partial charge in [0, 0.05) is 5.56 Å². The molecule has 4 nitrogen and oxygen atoms in total. The van der Waals surface area contributed by atoms with Gasteiger partial charge in [-0.05, 0) is 18.2 Å². The molecule has 0 amide bonds. The highest BCUT2D eigenvalue weighted by molar-refractivity contribution is 5.59. The molecule has 1 N–H and O–H groups in total. The number of rotatable bonds is 3. The summed E-state index contributed by atoms with van der Waals surface area (Å²) in [5.74, 6) is -0.258. The number of benzene rings is 1. The van der Waals surface area contributed by atoms with E-state index in [-0.39, 0.29) is 12.4 Å². The van der Waals surface area contributed by atoms with E-state index in [0.717, 1.165) is 0 Å². The molecule has 2 rings (SSSR count). The van der Waals surface area contributed by atoms with Crippen LogP contribution < -0.4 is 4.74 Å². The van der Waals surface area contributed by atoms with Crippen molar-refractivity contribution in [3.05, 3.63) is 42.1 Å². The summed E-state index contributed by atoms with van der Waals surface area (Å²) in [7, 11) is 1.41. The molecule has 0 spiro atoms. The molecule has 0 fully saturated rings. The lowest BCUT2D eigenvalue weighted by Gasteiger charge is -2.04. The van der Waals surface area contributed by atoms with Crippen LogP contribution in [0.5, 0.6) is 5.75 Å². The van der Waals surface area contributed by atoms with Crippen molar-refractivity contribution in [1.29, 1.82) is 0 Å². The molecular formula is C12H11FN2O2. The molecule has 0 saturated carbocycles. The Morgan fingerprint density at radius 2 is 2.12 bits per heavy atom. The molecule has 0 bridgehead atoms. The highest BCUT2D eigenvalue weighted by Crippen LogP contribution is 2.23. The number of hydrogen-bond donors (Lipinski definition) is 1. The van der Waals surface area contributed by atoms with Crippen molar-refractivity contribution >= 4 is 0 Å². The first-order valence-corrected chi connectivity index (χ1v) is 5.00. The Labute approximate surface area is 97.7 Å². The van der Waals surface area contributed by atoms with Crippen LogP contribution in [0.25, 0.3) is 11.3 Å². The lowest BCUT2D eigenvalue weighted by Crippen LogP contribution is -1.93. The van der Waals surface area contributed by atoms with Gasteiger partial charge >= 0.3 is 0 Å². The summed E-state index contributed by atoms with van der Waals surface area (Å²) in [6.07, 6.45) is 2.95.